The number of amides is 2. The fourth-order valence-electron chi connectivity index (χ4n) is 3.33. The van der Waals surface area contributed by atoms with Crippen LogP contribution in [-0.4, -0.2) is 33.6 Å². The molecule has 0 aromatic heterocycles. The molecule has 33 heavy (non-hydrogen) atoms. The van der Waals surface area contributed by atoms with Crippen LogP contribution in [0.4, 0.5) is 26.2 Å². The van der Waals surface area contributed by atoms with Crippen molar-refractivity contribution in [3.63, 3.8) is 0 Å². The molecule has 0 aliphatic carbocycles. The van der Waals surface area contributed by atoms with Crippen LogP contribution in [0.2, 0.25) is 0 Å². The molecule has 0 atom stereocenters. The second kappa shape index (κ2) is 9.29. The molecule has 1 fully saturated rings. The van der Waals surface area contributed by atoms with Gasteiger partial charge in [-0.3, -0.25) is 14.4 Å². The van der Waals surface area contributed by atoms with Crippen LogP contribution in [0, 0.1) is 5.82 Å². The van der Waals surface area contributed by atoms with E-state index < -0.39 is 21.9 Å². The van der Waals surface area contributed by atoms with E-state index in [-0.39, 0.29) is 17.2 Å². The quantitative estimate of drug-likeness (QED) is 0.548. The van der Waals surface area contributed by atoms with Crippen molar-refractivity contribution in [2.24, 2.45) is 0 Å². The van der Waals surface area contributed by atoms with Gasteiger partial charge in [-0.15, -0.1) is 0 Å². The maximum absolute atomic E-state index is 13.0. The summed E-state index contributed by atoms with van der Waals surface area (Å²) in [6.07, 6.45) is -0.417. The molecular formula is C23H20FN3O5S. The highest BCUT2D eigenvalue weighted by Gasteiger charge is 2.26. The van der Waals surface area contributed by atoms with Gasteiger partial charge in [0.1, 0.15) is 12.4 Å². The third-order valence-corrected chi connectivity index (χ3v) is 6.32. The Kier molecular flexibility index (Phi) is 6.27. The van der Waals surface area contributed by atoms with E-state index in [4.69, 9.17) is 4.74 Å². The smallest absolute Gasteiger partial charge is 0.414 e. The van der Waals surface area contributed by atoms with Crippen molar-refractivity contribution in [1.82, 2.24) is 0 Å². The molecule has 4 rings (SSSR count). The predicted octanol–water partition coefficient (Wildman–Crippen LogP) is 3.76. The lowest BCUT2D eigenvalue weighted by molar-refractivity contribution is -0.115. The number of rotatable bonds is 7. The largest absolute Gasteiger partial charge is 0.447 e. The van der Waals surface area contributed by atoms with Crippen LogP contribution in [0.1, 0.15) is 5.56 Å². The van der Waals surface area contributed by atoms with Crippen LogP contribution in [0.25, 0.3) is 0 Å². The summed E-state index contributed by atoms with van der Waals surface area (Å²) >= 11 is 0. The Morgan fingerprint density at radius 1 is 1.00 bits per heavy atom. The summed E-state index contributed by atoms with van der Waals surface area (Å²) in [6, 6.07) is 17.8. The molecule has 8 nitrogen and oxygen atoms in total. The zero-order valence-corrected chi connectivity index (χ0v) is 18.1. The topological polar surface area (TPSA) is 105 Å². The van der Waals surface area contributed by atoms with Gasteiger partial charge >= 0.3 is 6.09 Å². The standard InChI is InChI=1S/C23H20FN3O5S/c24-17-7-11-19(12-8-17)33(30,31)26-18-9-5-16(6-10-18)15-22(28)25-20-3-1-2-4-21(20)27-13-14-32-23(27)29/h1-12,26H,13-15H2,(H,25,28). The van der Waals surface area contributed by atoms with Crippen molar-refractivity contribution >= 4 is 39.1 Å². The maximum Gasteiger partial charge on any atom is 0.414 e. The van der Waals surface area contributed by atoms with Gasteiger partial charge in [0.15, 0.2) is 0 Å². The number of sulfonamides is 1. The van der Waals surface area contributed by atoms with Crippen molar-refractivity contribution in [1.29, 1.82) is 0 Å². The lowest BCUT2D eigenvalue weighted by Gasteiger charge is -2.17. The van der Waals surface area contributed by atoms with Crippen molar-refractivity contribution in [2.45, 2.75) is 11.3 Å². The highest BCUT2D eigenvalue weighted by atomic mass is 32.2. The van der Waals surface area contributed by atoms with E-state index in [9.17, 15) is 22.4 Å². The van der Waals surface area contributed by atoms with Crippen molar-refractivity contribution in [3.8, 4) is 0 Å². The van der Waals surface area contributed by atoms with E-state index in [2.05, 4.69) is 10.0 Å². The van der Waals surface area contributed by atoms with Crippen LogP contribution in [0.15, 0.2) is 77.7 Å². The zero-order valence-electron chi connectivity index (χ0n) is 17.3. The maximum atomic E-state index is 13.0. The lowest BCUT2D eigenvalue weighted by atomic mass is 10.1. The molecule has 1 aliphatic heterocycles. The number of carbonyl (C=O) groups is 2. The first-order valence-corrected chi connectivity index (χ1v) is 11.5. The van der Waals surface area contributed by atoms with E-state index in [0.717, 1.165) is 12.1 Å². The van der Waals surface area contributed by atoms with Gasteiger partial charge in [-0.1, -0.05) is 24.3 Å². The molecule has 0 saturated carbocycles. The number of halogens is 1. The number of hydrogen-bond acceptors (Lipinski definition) is 5. The summed E-state index contributed by atoms with van der Waals surface area (Å²) in [5.41, 5.74) is 2.01. The summed E-state index contributed by atoms with van der Waals surface area (Å²) in [5.74, 6) is -0.825. The number of nitrogens with one attached hydrogen (secondary N) is 2. The van der Waals surface area contributed by atoms with E-state index in [1.807, 2.05) is 0 Å². The summed E-state index contributed by atoms with van der Waals surface area (Å²) in [7, 11) is -3.86. The fraction of sp³-hybridized carbons (Fsp3) is 0.130. The normalized spacial score (nSPS) is 13.5. The van der Waals surface area contributed by atoms with Crippen LogP contribution < -0.4 is 14.9 Å². The summed E-state index contributed by atoms with van der Waals surface area (Å²) < 4.78 is 45.2. The molecular weight excluding hydrogens is 449 g/mol. The Labute approximate surface area is 190 Å². The van der Waals surface area contributed by atoms with Crippen LogP contribution >= 0.6 is 0 Å². The molecule has 170 valence electrons. The van der Waals surface area contributed by atoms with Gasteiger partial charge in [-0.05, 0) is 54.1 Å². The second-order valence-electron chi connectivity index (χ2n) is 7.26. The van der Waals surface area contributed by atoms with Crippen LogP contribution in [-0.2, 0) is 26.0 Å². The van der Waals surface area contributed by atoms with Crippen LogP contribution in [0.5, 0.6) is 0 Å². The molecule has 1 aliphatic rings. The number of cyclic esters (lactones) is 1. The summed E-state index contributed by atoms with van der Waals surface area (Å²) in [6.45, 7) is 0.694. The van der Waals surface area contributed by atoms with Gasteiger partial charge in [-0.25, -0.2) is 17.6 Å². The van der Waals surface area contributed by atoms with E-state index in [1.165, 1.54) is 29.2 Å². The predicted molar refractivity (Wildman–Crippen MR) is 121 cm³/mol. The average molecular weight is 469 g/mol. The SMILES string of the molecule is O=C(Cc1ccc(NS(=O)(=O)c2ccc(F)cc2)cc1)Nc1ccccc1N1CCOC1=O. The first-order valence-electron chi connectivity index (χ1n) is 10.0. The molecule has 3 aromatic carbocycles. The number of ether oxygens (including phenoxy) is 1. The monoisotopic (exact) mass is 469 g/mol. The van der Waals surface area contributed by atoms with Crippen molar-refractivity contribution in [2.75, 3.05) is 28.1 Å². The van der Waals surface area contributed by atoms with Crippen molar-refractivity contribution in [3.05, 3.63) is 84.2 Å². The minimum absolute atomic E-state index is 0.0454. The number of anilines is 3. The third-order valence-electron chi connectivity index (χ3n) is 4.92. The average Bonchev–Trinajstić information content (AvgIpc) is 3.21. The molecule has 0 spiro atoms. The Bertz CT molecular complexity index is 1280. The molecule has 2 amide bonds. The minimum atomic E-state index is -3.86. The van der Waals surface area contributed by atoms with Gasteiger partial charge in [0.25, 0.3) is 10.0 Å². The lowest BCUT2D eigenvalue weighted by Crippen LogP contribution is -2.25. The number of carbonyl (C=O) groups excluding carboxylic acids is 2. The Balaban J connectivity index is 1.40. The molecule has 10 heteroatoms. The number of para-hydroxylation sites is 2. The Morgan fingerprint density at radius 2 is 1.70 bits per heavy atom. The summed E-state index contributed by atoms with van der Waals surface area (Å²) in [4.78, 5) is 25.8. The minimum Gasteiger partial charge on any atom is -0.447 e. The Morgan fingerprint density at radius 3 is 2.36 bits per heavy atom. The van der Waals surface area contributed by atoms with E-state index in [0.29, 0.717) is 35.8 Å². The van der Waals surface area contributed by atoms with Gasteiger partial charge in [0.2, 0.25) is 5.91 Å². The van der Waals surface area contributed by atoms with Crippen molar-refractivity contribution < 1.29 is 27.1 Å². The number of hydrogen-bond donors (Lipinski definition) is 2. The molecule has 0 radical (unpaired) electrons. The number of benzene rings is 3. The molecule has 3 aromatic rings. The zero-order chi connectivity index (χ0) is 23.4. The van der Waals surface area contributed by atoms with Gasteiger partial charge < -0.3 is 10.1 Å². The van der Waals surface area contributed by atoms with Crippen LogP contribution in [0.3, 0.4) is 0 Å². The first kappa shape index (κ1) is 22.3. The van der Waals surface area contributed by atoms with E-state index >= 15 is 0 Å². The summed E-state index contributed by atoms with van der Waals surface area (Å²) in [5, 5.41) is 2.80. The highest BCUT2D eigenvalue weighted by molar-refractivity contribution is 7.92. The Hall–Kier alpha value is -3.92. The van der Waals surface area contributed by atoms with Gasteiger partial charge in [-0.2, -0.15) is 0 Å². The van der Waals surface area contributed by atoms with E-state index in [1.54, 1.807) is 36.4 Å². The fourth-order valence-corrected chi connectivity index (χ4v) is 4.38. The second-order valence-corrected chi connectivity index (χ2v) is 8.95. The molecule has 1 saturated heterocycles. The highest BCUT2D eigenvalue weighted by Crippen LogP contribution is 2.28. The number of nitrogens with zero attached hydrogens (tertiary/aromatic N) is 1. The first-order chi connectivity index (χ1) is 15.8. The van der Waals surface area contributed by atoms with Gasteiger partial charge in [0, 0.05) is 5.69 Å². The molecule has 0 unspecified atom stereocenters. The molecule has 0 bridgehead atoms. The molecule has 1 heterocycles. The third kappa shape index (κ3) is 5.29. The molecule has 2 N–H and O–H groups in total. The van der Waals surface area contributed by atoms with Gasteiger partial charge in [0.05, 0.1) is 29.2 Å².